The van der Waals surface area contributed by atoms with Crippen molar-refractivity contribution in [3.8, 4) is 11.5 Å². The average molecular weight is 383 g/mol. The molecule has 0 unspecified atom stereocenters. The predicted octanol–water partition coefficient (Wildman–Crippen LogP) is 3.69. The Balaban J connectivity index is 0.00000400. The fraction of sp³-hybridized carbons (Fsp3) is 0.600. The van der Waals surface area contributed by atoms with E-state index in [0.29, 0.717) is 23.8 Å². The Kier molecular flexibility index (Phi) is 9.29. The molecular weight excluding hydrogens is 358 g/mol. The standard InChI is InChI=1S/C15H24BrNO3.ClH/c1-9(2)5-6-12(18)15(17)10-7-14(20-4)11(16)8-13(10)19-3;/h7-9,12,15,18H,5-6,17H2,1-4H3;1H/t12-,15+;/m0./s1. The van der Waals surface area contributed by atoms with E-state index in [9.17, 15) is 5.11 Å². The molecule has 1 aromatic rings. The van der Waals surface area contributed by atoms with E-state index in [-0.39, 0.29) is 12.4 Å². The molecule has 0 aliphatic heterocycles. The van der Waals surface area contributed by atoms with E-state index in [4.69, 9.17) is 15.2 Å². The van der Waals surface area contributed by atoms with Crippen molar-refractivity contribution in [2.45, 2.75) is 38.8 Å². The quantitative estimate of drug-likeness (QED) is 0.755. The molecule has 0 aliphatic rings. The van der Waals surface area contributed by atoms with Gasteiger partial charge in [0.2, 0.25) is 0 Å². The van der Waals surface area contributed by atoms with Crippen LogP contribution in [0.5, 0.6) is 11.5 Å². The minimum Gasteiger partial charge on any atom is -0.496 e. The van der Waals surface area contributed by atoms with Gasteiger partial charge in [0, 0.05) is 5.56 Å². The summed E-state index contributed by atoms with van der Waals surface area (Å²) in [6.45, 7) is 4.25. The lowest BCUT2D eigenvalue weighted by atomic mass is 9.95. The summed E-state index contributed by atoms with van der Waals surface area (Å²) < 4.78 is 11.4. The fourth-order valence-electron chi connectivity index (χ4n) is 2.04. The Morgan fingerprint density at radius 1 is 1.14 bits per heavy atom. The largest absolute Gasteiger partial charge is 0.496 e. The minimum absolute atomic E-state index is 0. The Bertz CT molecular complexity index is 443. The molecule has 0 aromatic heterocycles. The molecule has 0 saturated heterocycles. The van der Waals surface area contributed by atoms with Gasteiger partial charge in [-0.2, -0.15) is 0 Å². The predicted molar refractivity (Wildman–Crippen MR) is 91.5 cm³/mol. The van der Waals surface area contributed by atoms with Gasteiger partial charge < -0.3 is 20.3 Å². The normalized spacial score (nSPS) is 13.5. The molecule has 1 aromatic carbocycles. The Labute approximate surface area is 141 Å². The summed E-state index contributed by atoms with van der Waals surface area (Å²) in [7, 11) is 3.18. The highest BCUT2D eigenvalue weighted by molar-refractivity contribution is 9.10. The minimum atomic E-state index is -0.600. The topological polar surface area (TPSA) is 64.7 Å². The number of halogens is 2. The van der Waals surface area contributed by atoms with E-state index < -0.39 is 12.1 Å². The maximum atomic E-state index is 10.2. The molecule has 0 heterocycles. The maximum absolute atomic E-state index is 10.2. The first-order valence-corrected chi connectivity index (χ1v) is 7.55. The summed E-state index contributed by atoms with van der Waals surface area (Å²) in [4.78, 5) is 0. The first kappa shape index (κ1) is 20.5. The number of hydrogen-bond acceptors (Lipinski definition) is 4. The Hall–Kier alpha value is -0.490. The molecule has 3 N–H and O–H groups in total. The van der Waals surface area contributed by atoms with E-state index in [1.54, 1.807) is 14.2 Å². The molecule has 0 radical (unpaired) electrons. The smallest absolute Gasteiger partial charge is 0.133 e. The van der Waals surface area contributed by atoms with Crippen LogP contribution in [0, 0.1) is 5.92 Å². The molecule has 4 nitrogen and oxygen atoms in total. The van der Waals surface area contributed by atoms with Crippen molar-refractivity contribution in [2.24, 2.45) is 11.7 Å². The summed E-state index contributed by atoms with van der Waals surface area (Å²) in [6.07, 6.45) is 1.00. The van der Waals surface area contributed by atoms with Crippen LogP contribution < -0.4 is 15.2 Å². The Morgan fingerprint density at radius 2 is 1.71 bits per heavy atom. The second-order valence-corrected chi connectivity index (χ2v) is 6.15. The van der Waals surface area contributed by atoms with Crippen molar-refractivity contribution in [2.75, 3.05) is 14.2 Å². The van der Waals surface area contributed by atoms with Crippen LogP contribution >= 0.6 is 28.3 Å². The van der Waals surface area contributed by atoms with Gasteiger partial charge in [-0.25, -0.2) is 0 Å². The van der Waals surface area contributed by atoms with E-state index >= 15 is 0 Å². The average Bonchev–Trinajstić information content (AvgIpc) is 2.43. The highest BCUT2D eigenvalue weighted by Crippen LogP contribution is 2.36. The molecular formula is C15H25BrClNO3. The molecule has 122 valence electrons. The monoisotopic (exact) mass is 381 g/mol. The van der Waals surface area contributed by atoms with Crippen LogP contribution in [0.3, 0.4) is 0 Å². The number of ether oxygens (including phenoxy) is 2. The highest BCUT2D eigenvalue weighted by atomic mass is 79.9. The van der Waals surface area contributed by atoms with Crippen molar-refractivity contribution in [1.82, 2.24) is 0 Å². The van der Waals surface area contributed by atoms with E-state index in [2.05, 4.69) is 29.8 Å². The van der Waals surface area contributed by atoms with Crippen LogP contribution in [-0.2, 0) is 0 Å². The number of benzene rings is 1. The lowest BCUT2D eigenvalue weighted by Gasteiger charge is -2.23. The molecule has 0 amide bonds. The zero-order chi connectivity index (χ0) is 15.3. The number of hydrogen-bond donors (Lipinski definition) is 2. The van der Waals surface area contributed by atoms with Gasteiger partial charge in [0.25, 0.3) is 0 Å². The third kappa shape index (κ3) is 5.66. The van der Waals surface area contributed by atoms with Gasteiger partial charge in [0.1, 0.15) is 11.5 Å². The number of aliphatic hydroxyl groups is 1. The molecule has 1 rings (SSSR count). The first-order valence-electron chi connectivity index (χ1n) is 6.75. The van der Waals surface area contributed by atoms with Crippen molar-refractivity contribution in [3.63, 3.8) is 0 Å². The van der Waals surface area contributed by atoms with Gasteiger partial charge in [0.05, 0.1) is 30.8 Å². The van der Waals surface area contributed by atoms with Crippen molar-refractivity contribution in [3.05, 3.63) is 22.2 Å². The first-order chi connectivity index (χ1) is 9.40. The van der Waals surface area contributed by atoms with Gasteiger partial charge in [-0.15, -0.1) is 12.4 Å². The second-order valence-electron chi connectivity index (χ2n) is 5.29. The number of aliphatic hydroxyl groups excluding tert-OH is 1. The highest BCUT2D eigenvalue weighted by Gasteiger charge is 2.22. The second kappa shape index (κ2) is 9.51. The fourth-order valence-corrected chi connectivity index (χ4v) is 2.52. The SMILES string of the molecule is COc1cc([C@@H](N)[C@@H](O)CCC(C)C)c(OC)cc1Br.Cl. The van der Waals surface area contributed by atoms with Crippen LogP contribution in [0.1, 0.15) is 38.3 Å². The summed E-state index contributed by atoms with van der Waals surface area (Å²) in [5.41, 5.74) is 6.93. The lowest BCUT2D eigenvalue weighted by Crippen LogP contribution is -2.27. The lowest BCUT2D eigenvalue weighted by molar-refractivity contribution is 0.127. The van der Waals surface area contributed by atoms with Crippen molar-refractivity contribution < 1.29 is 14.6 Å². The summed E-state index contributed by atoms with van der Waals surface area (Å²) in [6, 6.07) is 3.13. The third-order valence-corrected chi connectivity index (χ3v) is 3.94. The van der Waals surface area contributed by atoms with Crippen molar-refractivity contribution >= 4 is 28.3 Å². The molecule has 21 heavy (non-hydrogen) atoms. The maximum Gasteiger partial charge on any atom is 0.133 e. The third-order valence-electron chi connectivity index (χ3n) is 3.32. The number of rotatable bonds is 7. The molecule has 0 bridgehead atoms. The van der Waals surface area contributed by atoms with Gasteiger partial charge >= 0.3 is 0 Å². The van der Waals surface area contributed by atoms with Gasteiger partial charge in [-0.05, 0) is 46.8 Å². The zero-order valence-electron chi connectivity index (χ0n) is 12.9. The van der Waals surface area contributed by atoms with Crippen LogP contribution in [0.2, 0.25) is 0 Å². The Morgan fingerprint density at radius 3 is 2.19 bits per heavy atom. The number of methoxy groups -OCH3 is 2. The van der Waals surface area contributed by atoms with E-state index in [1.165, 1.54) is 0 Å². The molecule has 0 saturated carbocycles. The number of nitrogens with two attached hydrogens (primary N) is 1. The van der Waals surface area contributed by atoms with Crippen LogP contribution in [-0.4, -0.2) is 25.4 Å². The van der Waals surface area contributed by atoms with Crippen LogP contribution in [0.4, 0.5) is 0 Å². The zero-order valence-corrected chi connectivity index (χ0v) is 15.3. The molecule has 0 spiro atoms. The summed E-state index contributed by atoms with van der Waals surface area (Å²) in [5.74, 6) is 1.86. The molecule has 6 heteroatoms. The summed E-state index contributed by atoms with van der Waals surface area (Å²) in [5, 5.41) is 10.2. The molecule has 2 atom stereocenters. The molecule has 0 fully saturated rings. The van der Waals surface area contributed by atoms with Crippen LogP contribution in [0.25, 0.3) is 0 Å². The van der Waals surface area contributed by atoms with Gasteiger partial charge in [0.15, 0.2) is 0 Å². The van der Waals surface area contributed by atoms with Gasteiger partial charge in [-0.1, -0.05) is 13.8 Å². The summed E-state index contributed by atoms with van der Waals surface area (Å²) >= 11 is 3.41. The van der Waals surface area contributed by atoms with E-state index in [1.807, 2.05) is 12.1 Å². The van der Waals surface area contributed by atoms with Crippen LogP contribution in [0.15, 0.2) is 16.6 Å². The van der Waals surface area contributed by atoms with Crippen molar-refractivity contribution in [1.29, 1.82) is 0 Å². The molecule has 0 aliphatic carbocycles. The van der Waals surface area contributed by atoms with E-state index in [0.717, 1.165) is 16.5 Å². The van der Waals surface area contributed by atoms with Gasteiger partial charge in [-0.3, -0.25) is 0 Å².